The lowest BCUT2D eigenvalue weighted by atomic mass is 10.0. The SMILES string of the molecule is CCCCC/C=C\C/C=C\CCCCCCCC(=O)OC[C@H](COP(=O)(O)OC[C@H](O)COP(=O)(O)OC[C@@H](COC(=O)CCCCCCC/C=C\C=C/CCCCCC)OC(=O)CCCCCCCCCCCCCCC)OC(=O)CCCCCCC/C=C\CCCCCCCC. The molecule has 17 nitrogen and oxygen atoms in total. The van der Waals surface area contributed by atoms with Gasteiger partial charge < -0.3 is 33.8 Å². The molecule has 0 aliphatic heterocycles. The van der Waals surface area contributed by atoms with Gasteiger partial charge in [-0.15, -0.1) is 0 Å². The molecule has 572 valence electrons. The number of ether oxygens (including phenoxy) is 4. The van der Waals surface area contributed by atoms with E-state index in [2.05, 4.69) is 88.5 Å². The van der Waals surface area contributed by atoms with Crippen LogP contribution in [0.2, 0.25) is 0 Å². The van der Waals surface area contributed by atoms with E-state index in [1.807, 2.05) is 0 Å². The fraction of sp³-hybridized carbons (Fsp3) is 0.823. The van der Waals surface area contributed by atoms with Crippen molar-refractivity contribution in [2.75, 3.05) is 39.6 Å². The second-order valence-electron chi connectivity index (χ2n) is 26.7. The number of phosphoric acid groups is 2. The number of hydrogen-bond donors (Lipinski definition) is 3. The maximum absolute atomic E-state index is 13.1. The van der Waals surface area contributed by atoms with Crippen LogP contribution in [0.15, 0.2) is 60.8 Å². The molecule has 5 atom stereocenters. The zero-order valence-electron chi connectivity index (χ0n) is 62.5. The number of phosphoric ester groups is 2. The minimum Gasteiger partial charge on any atom is -0.462 e. The summed E-state index contributed by atoms with van der Waals surface area (Å²) in [5.41, 5.74) is 0. The fourth-order valence-corrected chi connectivity index (χ4v) is 12.5. The molecule has 19 heteroatoms. The Morgan fingerprint density at radius 3 is 0.857 bits per heavy atom. The maximum Gasteiger partial charge on any atom is 0.472 e. The van der Waals surface area contributed by atoms with Crippen molar-refractivity contribution in [2.45, 2.75) is 380 Å². The fourth-order valence-electron chi connectivity index (χ4n) is 10.9. The normalized spacial score (nSPS) is 14.2. The molecule has 0 heterocycles. The predicted molar refractivity (Wildman–Crippen MR) is 400 cm³/mol. The topological polar surface area (TPSA) is 237 Å². The summed E-state index contributed by atoms with van der Waals surface area (Å²) in [7, 11) is -9.94. The van der Waals surface area contributed by atoms with Gasteiger partial charge in [0.25, 0.3) is 0 Å². The van der Waals surface area contributed by atoms with Crippen LogP contribution in [-0.2, 0) is 65.4 Å². The minimum absolute atomic E-state index is 0.0857. The van der Waals surface area contributed by atoms with Gasteiger partial charge >= 0.3 is 39.5 Å². The number of allylic oxidation sites excluding steroid dienone is 10. The third-order valence-electron chi connectivity index (χ3n) is 17.0. The van der Waals surface area contributed by atoms with Crippen LogP contribution < -0.4 is 0 Å². The van der Waals surface area contributed by atoms with E-state index in [-0.39, 0.29) is 25.7 Å². The molecule has 0 rings (SSSR count). The summed E-state index contributed by atoms with van der Waals surface area (Å²) in [6.45, 7) is 4.84. The molecule has 0 fully saturated rings. The van der Waals surface area contributed by atoms with Crippen molar-refractivity contribution in [2.24, 2.45) is 0 Å². The smallest absolute Gasteiger partial charge is 0.462 e. The van der Waals surface area contributed by atoms with Crippen molar-refractivity contribution in [3.8, 4) is 0 Å². The van der Waals surface area contributed by atoms with E-state index >= 15 is 0 Å². The van der Waals surface area contributed by atoms with Crippen molar-refractivity contribution in [3.63, 3.8) is 0 Å². The lowest BCUT2D eigenvalue weighted by molar-refractivity contribution is -0.161. The van der Waals surface area contributed by atoms with Crippen LogP contribution in [0.4, 0.5) is 0 Å². The number of esters is 4. The van der Waals surface area contributed by atoms with Gasteiger partial charge in [0.1, 0.15) is 19.3 Å². The quantitative estimate of drug-likeness (QED) is 0.0128. The van der Waals surface area contributed by atoms with Gasteiger partial charge in [-0.25, -0.2) is 9.13 Å². The highest BCUT2D eigenvalue weighted by Crippen LogP contribution is 2.45. The Morgan fingerprint density at radius 2 is 0.531 bits per heavy atom. The van der Waals surface area contributed by atoms with E-state index in [1.165, 1.54) is 135 Å². The standard InChI is InChI=1S/C79H144O17P2/c1-5-9-13-17-21-25-29-33-36-40-43-47-51-55-59-63-76(81)89-69-74(95-78(83)65-61-57-53-49-45-39-32-28-24-20-16-12-8-4)71-93-97(85,86)91-67-73(80)68-92-98(87,88)94-72-75(96-79(84)66-62-58-54-50-46-42-38-35-31-27-23-19-15-11-7-3)70-90-77(82)64-60-56-52-48-44-41-37-34-30-26-22-18-14-10-6-2/h22,25-26,29,33-38,73-75,80H,5-21,23-24,27-28,30-32,39-72H2,1-4H3,(H,85,86)(H,87,88)/b26-22-,29-25-,36-33-,37-34-,38-35-/t73-,74-,75-/m1/s1. The summed E-state index contributed by atoms with van der Waals surface area (Å²) >= 11 is 0. The van der Waals surface area contributed by atoms with E-state index in [1.54, 1.807) is 0 Å². The van der Waals surface area contributed by atoms with Crippen molar-refractivity contribution in [3.05, 3.63) is 60.8 Å². The van der Waals surface area contributed by atoms with Crippen LogP contribution in [0.5, 0.6) is 0 Å². The summed E-state index contributed by atoms with van der Waals surface area (Å²) in [5, 5.41) is 10.6. The van der Waals surface area contributed by atoms with Gasteiger partial charge in [0, 0.05) is 25.7 Å². The average molecular weight is 1430 g/mol. The molecule has 0 amide bonds. The van der Waals surface area contributed by atoms with Crippen molar-refractivity contribution >= 4 is 39.5 Å². The number of carbonyl (C=O) groups excluding carboxylic acids is 4. The molecule has 2 unspecified atom stereocenters. The molecule has 0 saturated carbocycles. The van der Waals surface area contributed by atoms with Gasteiger partial charge in [-0.05, 0) is 109 Å². The summed E-state index contributed by atoms with van der Waals surface area (Å²) in [5.74, 6) is -2.18. The first-order chi connectivity index (χ1) is 47.7. The molecule has 3 N–H and O–H groups in total. The summed E-state index contributed by atoms with van der Waals surface area (Å²) in [4.78, 5) is 72.9. The van der Waals surface area contributed by atoms with Crippen LogP contribution in [0, 0.1) is 0 Å². The number of aliphatic hydroxyl groups is 1. The molecule has 0 bridgehead atoms. The first-order valence-corrected chi connectivity index (χ1v) is 42.5. The van der Waals surface area contributed by atoms with Gasteiger partial charge in [-0.2, -0.15) is 0 Å². The first kappa shape index (κ1) is 94.8. The Hall–Kier alpha value is -3.24. The number of aliphatic hydroxyl groups excluding tert-OH is 1. The van der Waals surface area contributed by atoms with Crippen LogP contribution in [0.25, 0.3) is 0 Å². The Labute approximate surface area is 597 Å². The average Bonchev–Trinajstić information content (AvgIpc) is 1.04. The molecule has 0 aromatic carbocycles. The van der Waals surface area contributed by atoms with Gasteiger partial charge in [-0.3, -0.25) is 37.3 Å². The Kier molecular flexibility index (Phi) is 69.7. The monoisotopic (exact) mass is 1430 g/mol. The van der Waals surface area contributed by atoms with Crippen LogP contribution >= 0.6 is 15.6 Å². The van der Waals surface area contributed by atoms with Crippen LogP contribution in [-0.4, -0.2) is 96.7 Å². The Morgan fingerprint density at radius 1 is 0.296 bits per heavy atom. The van der Waals surface area contributed by atoms with Crippen LogP contribution in [0.1, 0.15) is 362 Å². The Balaban J connectivity index is 5.34. The van der Waals surface area contributed by atoms with Gasteiger partial charge in [0.05, 0.1) is 26.4 Å². The Bertz CT molecular complexity index is 2100. The second kappa shape index (κ2) is 72.1. The van der Waals surface area contributed by atoms with Crippen molar-refractivity contribution in [1.29, 1.82) is 0 Å². The molecule has 0 saturated heterocycles. The van der Waals surface area contributed by atoms with E-state index in [4.69, 9.17) is 37.0 Å². The molecule has 0 spiro atoms. The van der Waals surface area contributed by atoms with Gasteiger partial charge in [0.15, 0.2) is 12.2 Å². The second-order valence-corrected chi connectivity index (χ2v) is 29.6. The van der Waals surface area contributed by atoms with Crippen LogP contribution in [0.3, 0.4) is 0 Å². The minimum atomic E-state index is -4.97. The summed E-state index contributed by atoms with van der Waals surface area (Å²) < 4.78 is 68.5. The van der Waals surface area contributed by atoms with E-state index in [0.29, 0.717) is 25.7 Å². The zero-order chi connectivity index (χ0) is 71.8. The summed E-state index contributed by atoms with van der Waals surface area (Å²) in [6, 6.07) is 0. The van der Waals surface area contributed by atoms with Gasteiger partial charge in [-0.1, -0.05) is 288 Å². The van der Waals surface area contributed by atoms with E-state index in [0.717, 1.165) is 148 Å². The third kappa shape index (κ3) is 71.2. The van der Waals surface area contributed by atoms with Gasteiger partial charge in [0.2, 0.25) is 0 Å². The number of rotatable bonds is 75. The third-order valence-corrected chi connectivity index (χ3v) is 18.9. The molecular formula is C79H144O17P2. The molecule has 0 aromatic heterocycles. The highest BCUT2D eigenvalue weighted by atomic mass is 31.2. The number of unbranched alkanes of at least 4 members (excludes halogenated alkanes) is 40. The molecule has 98 heavy (non-hydrogen) atoms. The first-order valence-electron chi connectivity index (χ1n) is 39.5. The maximum atomic E-state index is 13.1. The number of hydrogen-bond acceptors (Lipinski definition) is 15. The molecule has 0 aliphatic carbocycles. The molecular weight excluding hydrogens is 1280 g/mol. The predicted octanol–water partition coefficient (Wildman–Crippen LogP) is 22.7. The largest absolute Gasteiger partial charge is 0.472 e. The highest BCUT2D eigenvalue weighted by molar-refractivity contribution is 7.47. The van der Waals surface area contributed by atoms with Crippen molar-refractivity contribution < 1.29 is 80.2 Å². The van der Waals surface area contributed by atoms with Crippen molar-refractivity contribution in [1.82, 2.24) is 0 Å². The lowest BCUT2D eigenvalue weighted by Gasteiger charge is -2.21. The molecule has 0 radical (unpaired) electrons. The molecule has 0 aliphatic rings. The lowest BCUT2D eigenvalue weighted by Crippen LogP contribution is -2.30. The van der Waals surface area contributed by atoms with E-state index in [9.17, 15) is 43.2 Å². The summed E-state index contributed by atoms with van der Waals surface area (Å²) in [6.07, 6.45) is 70.5. The van der Waals surface area contributed by atoms with E-state index < -0.39 is 97.5 Å². The zero-order valence-corrected chi connectivity index (χ0v) is 64.3. The molecule has 0 aromatic rings. The highest BCUT2D eigenvalue weighted by Gasteiger charge is 2.30. The number of carbonyl (C=O) groups is 4.